The summed E-state index contributed by atoms with van der Waals surface area (Å²) in [5, 5.41) is 0. The Kier molecular flexibility index (Phi) is 7.25. The second kappa shape index (κ2) is 9.70. The summed E-state index contributed by atoms with van der Waals surface area (Å²) < 4.78 is 41.8. The first kappa shape index (κ1) is 22.4. The molecule has 1 fully saturated rings. The van der Waals surface area contributed by atoms with Crippen LogP contribution in [0.2, 0.25) is 0 Å². The van der Waals surface area contributed by atoms with Gasteiger partial charge in [-0.2, -0.15) is 0 Å². The largest absolute Gasteiger partial charge is 0.451 e. The molecule has 0 N–H and O–H groups in total. The van der Waals surface area contributed by atoms with Crippen molar-refractivity contribution in [3.63, 3.8) is 0 Å². The molecule has 0 saturated carbocycles. The van der Waals surface area contributed by atoms with Crippen molar-refractivity contribution in [2.24, 2.45) is 0 Å². The van der Waals surface area contributed by atoms with Crippen LogP contribution in [0.1, 0.15) is 35.9 Å². The number of rotatable bonds is 8. The second-order valence-electron chi connectivity index (χ2n) is 7.24. The van der Waals surface area contributed by atoms with Crippen LogP contribution in [0.4, 0.5) is 4.39 Å². The molecule has 3 rings (SSSR count). The Morgan fingerprint density at radius 1 is 1.20 bits per heavy atom. The number of esters is 1. The third-order valence-electron chi connectivity index (χ3n) is 4.98. The average Bonchev–Trinajstić information content (AvgIpc) is 3.34. The quantitative estimate of drug-likeness (QED) is 0.571. The number of thiophene rings is 1. The minimum atomic E-state index is -3.12. The van der Waals surface area contributed by atoms with Gasteiger partial charge in [-0.15, -0.1) is 11.3 Å². The lowest BCUT2D eigenvalue weighted by Gasteiger charge is -2.28. The number of carbonyl (C=O) groups excluding carboxylic acids is 2. The topological polar surface area (TPSA) is 80.8 Å². The first-order valence-electron chi connectivity index (χ1n) is 9.82. The van der Waals surface area contributed by atoms with Crippen LogP contribution in [-0.2, 0) is 19.4 Å². The summed E-state index contributed by atoms with van der Waals surface area (Å²) >= 11 is 1.20. The van der Waals surface area contributed by atoms with Crippen LogP contribution in [-0.4, -0.2) is 55.9 Å². The van der Waals surface area contributed by atoms with E-state index < -0.39 is 22.4 Å². The molecule has 0 radical (unpaired) electrons. The van der Waals surface area contributed by atoms with Gasteiger partial charge in [-0.3, -0.25) is 4.79 Å². The Morgan fingerprint density at radius 3 is 2.57 bits per heavy atom. The summed E-state index contributed by atoms with van der Waals surface area (Å²) in [5.74, 6) is -1.29. The maximum atomic E-state index is 13.1. The molecule has 0 bridgehead atoms. The van der Waals surface area contributed by atoms with Crippen molar-refractivity contribution in [3.05, 3.63) is 47.1 Å². The van der Waals surface area contributed by atoms with Gasteiger partial charge < -0.3 is 9.64 Å². The molecule has 2 aromatic rings. The number of hydrogen-bond acceptors (Lipinski definition) is 6. The lowest BCUT2D eigenvalue weighted by atomic mass is 10.2. The van der Waals surface area contributed by atoms with E-state index in [2.05, 4.69) is 0 Å². The third kappa shape index (κ3) is 5.66. The lowest BCUT2D eigenvalue weighted by Crippen LogP contribution is -2.43. The van der Waals surface area contributed by atoms with Crippen LogP contribution in [0.25, 0.3) is 10.4 Å². The van der Waals surface area contributed by atoms with Gasteiger partial charge in [0, 0.05) is 17.5 Å². The highest BCUT2D eigenvalue weighted by atomic mass is 32.2. The summed E-state index contributed by atoms with van der Waals surface area (Å²) in [6.45, 7) is 2.01. The number of carbonyl (C=O) groups is 2. The number of unbranched alkanes of at least 4 members (excludes halogenated alkanes) is 1. The first-order valence-corrected chi connectivity index (χ1v) is 12.5. The SMILES string of the molecule is CCCCN(C(=O)COC(=O)c1ccc(-c2ccc(F)cc2)s1)C1CCS(=O)(=O)C1. The smallest absolute Gasteiger partial charge is 0.348 e. The summed E-state index contributed by atoms with van der Waals surface area (Å²) in [4.78, 5) is 27.7. The van der Waals surface area contributed by atoms with Gasteiger partial charge in [-0.1, -0.05) is 25.5 Å². The summed E-state index contributed by atoms with van der Waals surface area (Å²) in [5.41, 5.74) is 0.782. The predicted octanol–water partition coefficient (Wildman–Crippen LogP) is 3.53. The molecule has 1 atom stereocenters. The highest BCUT2D eigenvalue weighted by Gasteiger charge is 2.34. The van der Waals surface area contributed by atoms with E-state index in [0.717, 1.165) is 23.3 Å². The zero-order valence-corrected chi connectivity index (χ0v) is 18.3. The Bertz CT molecular complexity index is 1000. The van der Waals surface area contributed by atoms with Crippen molar-refractivity contribution >= 4 is 33.1 Å². The molecule has 0 spiro atoms. The van der Waals surface area contributed by atoms with Crippen molar-refractivity contribution in [3.8, 4) is 10.4 Å². The fourth-order valence-electron chi connectivity index (χ4n) is 3.36. The molecule has 1 saturated heterocycles. The molecular formula is C21H24FNO5S2. The molecule has 2 heterocycles. The van der Waals surface area contributed by atoms with Crippen molar-refractivity contribution in [2.75, 3.05) is 24.7 Å². The van der Waals surface area contributed by atoms with Crippen LogP contribution >= 0.6 is 11.3 Å². The van der Waals surface area contributed by atoms with E-state index in [4.69, 9.17) is 4.74 Å². The van der Waals surface area contributed by atoms with E-state index in [1.807, 2.05) is 6.92 Å². The summed E-state index contributed by atoms with van der Waals surface area (Å²) in [6, 6.07) is 8.93. The number of ether oxygens (including phenoxy) is 1. The van der Waals surface area contributed by atoms with Crippen LogP contribution in [0, 0.1) is 5.82 Å². The fraction of sp³-hybridized carbons (Fsp3) is 0.429. The molecule has 1 aliphatic heterocycles. The van der Waals surface area contributed by atoms with E-state index in [1.54, 1.807) is 29.2 Å². The number of halogens is 1. The Hall–Kier alpha value is -2.26. The number of benzene rings is 1. The minimum absolute atomic E-state index is 0.0393. The molecular weight excluding hydrogens is 429 g/mol. The second-order valence-corrected chi connectivity index (χ2v) is 10.6. The molecule has 162 valence electrons. The van der Waals surface area contributed by atoms with Crippen LogP contribution in [0.3, 0.4) is 0 Å². The maximum Gasteiger partial charge on any atom is 0.348 e. The monoisotopic (exact) mass is 453 g/mol. The first-order chi connectivity index (χ1) is 14.3. The standard InChI is InChI=1S/C21H24FNO5S2/c1-2-3-11-23(17-10-12-30(26,27)14-17)20(24)13-28-21(25)19-9-8-18(29-19)15-4-6-16(22)7-5-15/h4-9,17H,2-3,10-14H2,1H3. The van der Waals surface area contributed by atoms with E-state index in [1.165, 1.54) is 23.5 Å². The zero-order valence-electron chi connectivity index (χ0n) is 16.7. The number of nitrogens with zero attached hydrogens (tertiary/aromatic N) is 1. The molecule has 1 aromatic carbocycles. The van der Waals surface area contributed by atoms with E-state index in [9.17, 15) is 22.4 Å². The summed E-state index contributed by atoms with van der Waals surface area (Å²) in [6.07, 6.45) is 2.03. The van der Waals surface area contributed by atoms with Gasteiger partial charge in [0.15, 0.2) is 16.4 Å². The normalized spacial score (nSPS) is 17.6. The van der Waals surface area contributed by atoms with Crippen LogP contribution in [0.15, 0.2) is 36.4 Å². The van der Waals surface area contributed by atoms with Crippen molar-refractivity contribution in [1.29, 1.82) is 0 Å². The molecule has 1 aliphatic rings. The number of amides is 1. The summed E-state index contributed by atoms with van der Waals surface area (Å²) in [7, 11) is -3.12. The number of hydrogen-bond donors (Lipinski definition) is 0. The van der Waals surface area contributed by atoms with Gasteiger partial charge in [0.1, 0.15) is 10.7 Å². The van der Waals surface area contributed by atoms with E-state index >= 15 is 0 Å². The van der Waals surface area contributed by atoms with E-state index in [-0.39, 0.29) is 29.3 Å². The highest BCUT2D eigenvalue weighted by Crippen LogP contribution is 2.28. The molecule has 30 heavy (non-hydrogen) atoms. The molecule has 1 amide bonds. The van der Waals surface area contributed by atoms with Gasteiger partial charge in [0.2, 0.25) is 0 Å². The van der Waals surface area contributed by atoms with Crippen LogP contribution < -0.4 is 0 Å². The van der Waals surface area contributed by atoms with E-state index in [0.29, 0.717) is 17.8 Å². The Balaban J connectivity index is 1.61. The van der Waals surface area contributed by atoms with Crippen molar-refractivity contribution in [2.45, 2.75) is 32.2 Å². The van der Waals surface area contributed by atoms with Gasteiger partial charge in [0.05, 0.1) is 11.5 Å². The Labute approximate surface area is 179 Å². The van der Waals surface area contributed by atoms with Gasteiger partial charge in [-0.05, 0) is 42.7 Å². The van der Waals surface area contributed by atoms with Gasteiger partial charge in [0.25, 0.3) is 5.91 Å². The molecule has 1 unspecified atom stereocenters. The maximum absolute atomic E-state index is 13.1. The molecule has 9 heteroatoms. The highest BCUT2D eigenvalue weighted by molar-refractivity contribution is 7.91. The average molecular weight is 454 g/mol. The molecule has 0 aliphatic carbocycles. The van der Waals surface area contributed by atoms with Crippen LogP contribution in [0.5, 0.6) is 0 Å². The third-order valence-corrected chi connectivity index (χ3v) is 7.85. The zero-order chi connectivity index (χ0) is 21.7. The molecule has 6 nitrogen and oxygen atoms in total. The van der Waals surface area contributed by atoms with Gasteiger partial charge >= 0.3 is 5.97 Å². The lowest BCUT2D eigenvalue weighted by molar-refractivity contribution is -0.136. The molecule has 1 aromatic heterocycles. The predicted molar refractivity (Wildman–Crippen MR) is 114 cm³/mol. The van der Waals surface area contributed by atoms with Crippen molar-refractivity contribution in [1.82, 2.24) is 4.90 Å². The minimum Gasteiger partial charge on any atom is -0.451 e. The number of sulfone groups is 1. The Morgan fingerprint density at radius 2 is 1.93 bits per heavy atom. The van der Waals surface area contributed by atoms with Crippen molar-refractivity contribution < 1.29 is 27.1 Å². The fourth-order valence-corrected chi connectivity index (χ4v) is 5.99. The van der Waals surface area contributed by atoms with Gasteiger partial charge in [-0.25, -0.2) is 17.6 Å².